The molecule has 2 aliphatic heterocycles. The van der Waals surface area contributed by atoms with Crippen molar-refractivity contribution in [1.29, 1.82) is 0 Å². The van der Waals surface area contributed by atoms with Crippen LogP contribution in [0.5, 0.6) is 0 Å². The minimum absolute atomic E-state index is 0.288. The predicted octanol–water partition coefficient (Wildman–Crippen LogP) is 0.666. The van der Waals surface area contributed by atoms with Crippen molar-refractivity contribution in [3.63, 3.8) is 0 Å². The van der Waals surface area contributed by atoms with Crippen LogP contribution < -0.4 is 0 Å². The fourth-order valence-corrected chi connectivity index (χ4v) is 2.91. The van der Waals surface area contributed by atoms with E-state index in [-0.39, 0.29) is 12.0 Å². The molecule has 0 aromatic rings. The monoisotopic (exact) mass is 244 g/mol. The van der Waals surface area contributed by atoms with Crippen molar-refractivity contribution in [2.75, 3.05) is 33.8 Å². The van der Waals surface area contributed by atoms with Crippen molar-refractivity contribution >= 4 is 5.97 Å². The Bertz CT molecular complexity index is 280. The van der Waals surface area contributed by atoms with Gasteiger partial charge in [0.25, 0.3) is 0 Å². The number of hydrogen-bond donors (Lipinski definition) is 0. The average molecular weight is 244 g/mol. The maximum Gasteiger partial charge on any atom is 0.323 e. The topological polar surface area (TPSA) is 32.8 Å². The lowest BCUT2D eigenvalue weighted by Gasteiger charge is -2.37. The second-order valence-electron chi connectivity index (χ2n) is 5.10. The summed E-state index contributed by atoms with van der Waals surface area (Å²) in [5, 5.41) is 0. The molecule has 0 aromatic carbocycles. The minimum atomic E-state index is -0.890. The number of alkyl halides is 1. The first kappa shape index (κ1) is 12.8. The van der Waals surface area contributed by atoms with Crippen LogP contribution in [0.15, 0.2) is 0 Å². The van der Waals surface area contributed by atoms with E-state index in [4.69, 9.17) is 4.74 Å². The lowest BCUT2D eigenvalue weighted by Crippen LogP contribution is -2.48. The average Bonchev–Trinajstić information content (AvgIpc) is 2.71. The molecule has 2 saturated heterocycles. The number of likely N-dealkylation sites (tertiary alicyclic amines) is 2. The second kappa shape index (κ2) is 5.31. The van der Waals surface area contributed by atoms with Gasteiger partial charge in [-0.3, -0.25) is 9.69 Å². The van der Waals surface area contributed by atoms with Gasteiger partial charge in [0.05, 0.1) is 7.11 Å². The van der Waals surface area contributed by atoms with Crippen molar-refractivity contribution in [2.24, 2.45) is 0 Å². The van der Waals surface area contributed by atoms with Crippen LogP contribution in [0.4, 0.5) is 4.39 Å². The fraction of sp³-hybridized carbons (Fsp3) is 0.917. The molecule has 2 aliphatic rings. The highest BCUT2D eigenvalue weighted by atomic mass is 19.1. The molecule has 0 aromatic heterocycles. The van der Waals surface area contributed by atoms with Crippen LogP contribution >= 0.6 is 0 Å². The summed E-state index contributed by atoms with van der Waals surface area (Å²) < 4.78 is 18.3. The summed E-state index contributed by atoms with van der Waals surface area (Å²) in [6.45, 7) is 2.42. The fourth-order valence-electron chi connectivity index (χ4n) is 2.91. The molecular formula is C12H21FN2O2. The van der Waals surface area contributed by atoms with Gasteiger partial charge in [-0.25, -0.2) is 4.39 Å². The summed E-state index contributed by atoms with van der Waals surface area (Å²) in [5.74, 6) is -0.288. The summed E-state index contributed by atoms with van der Waals surface area (Å²) in [5.41, 5.74) is 0. The van der Waals surface area contributed by atoms with Crippen molar-refractivity contribution < 1.29 is 13.9 Å². The van der Waals surface area contributed by atoms with Gasteiger partial charge in [0.1, 0.15) is 12.2 Å². The first-order valence-corrected chi connectivity index (χ1v) is 6.28. The number of esters is 1. The van der Waals surface area contributed by atoms with E-state index >= 15 is 0 Å². The highest BCUT2D eigenvalue weighted by Crippen LogP contribution is 2.28. The van der Waals surface area contributed by atoms with Crippen LogP contribution in [-0.2, 0) is 9.53 Å². The SMILES string of the molecule is COC(=O)[C@H]1C[C@H](F)CN1C1CCN(C)CC1. The summed E-state index contributed by atoms with van der Waals surface area (Å²) in [6.07, 6.45) is 1.42. The van der Waals surface area contributed by atoms with Gasteiger partial charge >= 0.3 is 5.97 Å². The van der Waals surface area contributed by atoms with E-state index in [1.54, 1.807) is 0 Å². The lowest BCUT2D eigenvalue weighted by atomic mass is 10.0. The van der Waals surface area contributed by atoms with Gasteiger partial charge in [-0.15, -0.1) is 0 Å². The maximum absolute atomic E-state index is 13.5. The van der Waals surface area contributed by atoms with Crippen LogP contribution in [0.2, 0.25) is 0 Å². The molecule has 4 nitrogen and oxygen atoms in total. The lowest BCUT2D eigenvalue weighted by molar-refractivity contribution is -0.147. The number of methoxy groups -OCH3 is 1. The smallest absolute Gasteiger partial charge is 0.323 e. The molecule has 0 radical (unpaired) electrons. The van der Waals surface area contributed by atoms with Gasteiger partial charge in [-0.05, 0) is 33.0 Å². The molecule has 0 bridgehead atoms. The molecule has 0 N–H and O–H groups in total. The molecule has 5 heteroatoms. The number of carbonyl (C=O) groups is 1. The molecule has 0 unspecified atom stereocenters. The van der Waals surface area contributed by atoms with Gasteiger partial charge in [0.15, 0.2) is 0 Å². The van der Waals surface area contributed by atoms with Gasteiger partial charge in [-0.2, -0.15) is 0 Å². The zero-order valence-corrected chi connectivity index (χ0v) is 10.6. The number of halogens is 1. The zero-order chi connectivity index (χ0) is 12.4. The normalized spacial score (nSPS) is 32.9. The molecule has 0 spiro atoms. The van der Waals surface area contributed by atoms with Crippen LogP contribution in [0.1, 0.15) is 19.3 Å². The first-order chi connectivity index (χ1) is 8.11. The molecule has 17 heavy (non-hydrogen) atoms. The Balaban J connectivity index is 2.00. The zero-order valence-electron chi connectivity index (χ0n) is 10.6. The third kappa shape index (κ3) is 2.77. The third-order valence-corrected chi connectivity index (χ3v) is 3.92. The van der Waals surface area contributed by atoms with Gasteiger partial charge < -0.3 is 9.64 Å². The summed E-state index contributed by atoms with van der Waals surface area (Å²) in [7, 11) is 3.47. The largest absolute Gasteiger partial charge is 0.468 e. The highest BCUT2D eigenvalue weighted by Gasteiger charge is 2.41. The van der Waals surface area contributed by atoms with Gasteiger partial charge in [0, 0.05) is 19.0 Å². The molecule has 0 aliphatic carbocycles. The molecule has 2 atom stereocenters. The maximum atomic E-state index is 13.5. The molecular weight excluding hydrogens is 223 g/mol. The van der Waals surface area contributed by atoms with E-state index in [1.807, 2.05) is 4.90 Å². The van der Waals surface area contributed by atoms with E-state index in [0.717, 1.165) is 25.9 Å². The Kier molecular flexibility index (Phi) is 3.99. The van der Waals surface area contributed by atoms with Crippen molar-refractivity contribution in [1.82, 2.24) is 9.80 Å². The van der Waals surface area contributed by atoms with Crippen LogP contribution in [0.3, 0.4) is 0 Å². The van der Waals surface area contributed by atoms with Crippen LogP contribution in [0.25, 0.3) is 0 Å². The molecule has 2 heterocycles. The standard InChI is InChI=1S/C12H21FN2O2/c1-14-5-3-10(4-6-14)15-8-9(13)7-11(15)12(16)17-2/h9-11H,3-8H2,1-2H3/t9-,11+/m0/s1. The summed E-state index contributed by atoms with van der Waals surface area (Å²) in [6, 6.07) is -0.0422. The molecule has 2 rings (SSSR count). The van der Waals surface area contributed by atoms with Gasteiger partial charge in [-0.1, -0.05) is 0 Å². The van der Waals surface area contributed by atoms with Crippen molar-refractivity contribution in [3.8, 4) is 0 Å². The number of carbonyl (C=O) groups excluding carboxylic acids is 1. The number of piperidine rings is 1. The van der Waals surface area contributed by atoms with Gasteiger partial charge in [0.2, 0.25) is 0 Å². The van der Waals surface area contributed by atoms with Crippen LogP contribution in [-0.4, -0.2) is 67.8 Å². The van der Waals surface area contributed by atoms with Crippen molar-refractivity contribution in [2.45, 2.75) is 37.5 Å². The van der Waals surface area contributed by atoms with E-state index < -0.39 is 6.17 Å². The Morgan fingerprint density at radius 1 is 1.35 bits per heavy atom. The molecule has 0 amide bonds. The van der Waals surface area contributed by atoms with Crippen molar-refractivity contribution in [3.05, 3.63) is 0 Å². The predicted molar refractivity (Wildman–Crippen MR) is 62.5 cm³/mol. The van der Waals surface area contributed by atoms with E-state index in [1.165, 1.54) is 7.11 Å². The summed E-state index contributed by atoms with van der Waals surface area (Å²) >= 11 is 0. The minimum Gasteiger partial charge on any atom is -0.468 e. The van der Waals surface area contributed by atoms with E-state index in [9.17, 15) is 9.18 Å². The number of rotatable bonds is 2. The molecule has 98 valence electrons. The Hall–Kier alpha value is -0.680. The third-order valence-electron chi connectivity index (χ3n) is 3.92. The quantitative estimate of drug-likeness (QED) is 0.668. The Morgan fingerprint density at radius 3 is 2.59 bits per heavy atom. The van der Waals surface area contributed by atoms with Crippen LogP contribution in [0, 0.1) is 0 Å². The number of hydrogen-bond acceptors (Lipinski definition) is 4. The molecule has 0 saturated carbocycles. The first-order valence-electron chi connectivity index (χ1n) is 6.28. The second-order valence-corrected chi connectivity index (χ2v) is 5.10. The van der Waals surface area contributed by atoms with E-state index in [0.29, 0.717) is 19.0 Å². The Labute approximate surface area is 102 Å². The summed E-state index contributed by atoms with van der Waals surface area (Å²) in [4.78, 5) is 15.9. The highest BCUT2D eigenvalue weighted by molar-refractivity contribution is 5.76. The number of ether oxygens (including phenoxy) is 1. The number of nitrogens with zero attached hydrogens (tertiary/aromatic N) is 2. The van der Waals surface area contributed by atoms with E-state index in [2.05, 4.69) is 11.9 Å². The Morgan fingerprint density at radius 2 is 2.00 bits per heavy atom. The molecule has 2 fully saturated rings.